The number of carbonyl (C=O) groups excluding carboxylic acids is 1. The molecule has 1 N–H and O–H groups in total. The van der Waals surface area contributed by atoms with E-state index in [0.29, 0.717) is 11.3 Å². The molecule has 0 bridgehead atoms. The zero-order valence-corrected chi connectivity index (χ0v) is 12.9. The van der Waals surface area contributed by atoms with E-state index in [4.69, 9.17) is 4.74 Å². The van der Waals surface area contributed by atoms with Crippen LogP contribution < -0.4 is 5.43 Å². The quantitative estimate of drug-likeness (QED) is 0.357. The van der Waals surface area contributed by atoms with Gasteiger partial charge in [-0.05, 0) is 30.7 Å². The van der Waals surface area contributed by atoms with Crippen molar-refractivity contribution in [3.8, 4) is 0 Å². The molecule has 1 heterocycles. The largest absolute Gasteiger partial charge is 0.466 e. The average Bonchev–Trinajstić information content (AvgIpc) is 2.60. The summed E-state index contributed by atoms with van der Waals surface area (Å²) in [5.41, 5.74) is 3.51. The zero-order chi connectivity index (χ0) is 17.4. The molecule has 0 saturated heterocycles. The minimum absolute atomic E-state index is 0.0476. The number of hydrazone groups is 1. The number of carbonyl (C=O) groups is 1. The van der Waals surface area contributed by atoms with Gasteiger partial charge in [-0.25, -0.2) is 15.4 Å². The van der Waals surface area contributed by atoms with Crippen LogP contribution in [0, 0.1) is 10.1 Å². The van der Waals surface area contributed by atoms with Crippen molar-refractivity contribution in [1.82, 2.24) is 9.97 Å². The number of esters is 1. The minimum Gasteiger partial charge on any atom is -0.466 e. The molecule has 24 heavy (non-hydrogen) atoms. The molecule has 124 valence electrons. The van der Waals surface area contributed by atoms with Crippen LogP contribution in [0.5, 0.6) is 0 Å². The van der Waals surface area contributed by atoms with E-state index in [1.54, 1.807) is 25.4 Å². The Morgan fingerprint density at radius 1 is 1.29 bits per heavy atom. The first-order chi connectivity index (χ1) is 11.6. The van der Waals surface area contributed by atoms with Gasteiger partial charge in [0.15, 0.2) is 0 Å². The Balaban J connectivity index is 2.24. The van der Waals surface area contributed by atoms with Crippen molar-refractivity contribution >= 4 is 23.3 Å². The molecule has 0 unspecified atom stereocenters. The number of hydrogen-bond donors (Lipinski definition) is 1. The van der Waals surface area contributed by atoms with Crippen molar-refractivity contribution < 1.29 is 14.5 Å². The lowest BCUT2D eigenvalue weighted by molar-refractivity contribution is -0.384. The highest BCUT2D eigenvalue weighted by atomic mass is 16.6. The number of hydrogen-bond acceptors (Lipinski definition) is 8. The monoisotopic (exact) mass is 329 g/mol. The van der Waals surface area contributed by atoms with E-state index < -0.39 is 10.9 Å². The Bertz CT molecular complexity index is 731. The summed E-state index contributed by atoms with van der Waals surface area (Å²) < 4.78 is 4.92. The highest BCUT2D eigenvalue weighted by Crippen LogP contribution is 2.14. The van der Waals surface area contributed by atoms with Gasteiger partial charge < -0.3 is 4.74 Å². The first-order valence-corrected chi connectivity index (χ1v) is 7.10. The Morgan fingerprint density at radius 2 is 1.96 bits per heavy atom. The van der Waals surface area contributed by atoms with Crippen LogP contribution in [0.2, 0.25) is 0 Å². The summed E-state index contributed by atoms with van der Waals surface area (Å²) in [4.78, 5) is 29.9. The number of ether oxygens (including phenoxy) is 1. The van der Waals surface area contributed by atoms with Crippen molar-refractivity contribution in [1.29, 1.82) is 0 Å². The van der Waals surface area contributed by atoms with Gasteiger partial charge in [0.05, 0.1) is 23.7 Å². The number of non-ortho nitro benzene ring substituents is 1. The van der Waals surface area contributed by atoms with E-state index in [0.717, 1.165) is 0 Å². The smallest absolute Gasteiger partial charge is 0.311 e. The number of rotatable bonds is 7. The molecule has 0 aliphatic heterocycles. The van der Waals surface area contributed by atoms with Gasteiger partial charge in [-0.1, -0.05) is 0 Å². The van der Waals surface area contributed by atoms with Crippen LogP contribution in [-0.4, -0.2) is 33.2 Å². The topological polar surface area (TPSA) is 120 Å². The molecular weight excluding hydrogens is 314 g/mol. The summed E-state index contributed by atoms with van der Waals surface area (Å²) >= 11 is 0. The lowest BCUT2D eigenvalue weighted by Gasteiger charge is -2.07. The van der Waals surface area contributed by atoms with Gasteiger partial charge in [-0.3, -0.25) is 14.9 Å². The van der Waals surface area contributed by atoms with Crippen molar-refractivity contribution in [3.05, 3.63) is 58.4 Å². The first kappa shape index (κ1) is 17.0. The standard InChI is InChI=1S/C15H15N5O4/c1-2-24-14(21)10-13(18-19-15-16-8-3-9-17-15)11-4-6-12(7-5-11)20(22)23/h3-9H,2,10H2,1H3,(H,16,17,19). The lowest BCUT2D eigenvalue weighted by atomic mass is 10.1. The fourth-order valence-electron chi connectivity index (χ4n) is 1.80. The second-order valence-corrected chi connectivity index (χ2v) is 4.53. The van der Waals surface area contributed by atoms with E-state index in [1.165, 1.54) is 24.3 Å². The molecule has 0 spiro atoms. The van der Waals surface area contributed by atoms with Crippen LogP contribution in [-0.2, 0) is 9.53 Å². The molecule has 0 fully saturated rings. The van der Waals surface area contributed by atoms with Gasteiger partial charge >= 0.3 is 5.97 Å². The number of aromatic nitrogens is 2. The Kier molecular flexibility index (Phi) is 5.89. The molecule has 0 aliphatic carbocycles. The summed E-state index contributed by atoms with van der Waals surface area (Å²) in [5.74, 6) is -0.189. The number of benzene rings is 1. The number of anilines is 1. The van der Waals surface area contributed by atoms with Gasteiger partial charge in [0.2, 0.25) is 5.95 Å². The molecule has 0 saturated carbocycles. The first-order valence-electron chi connectivity index (χ1n) is 7.10. The second kappa shape index (κ2) is 8.32. The number of nitro groups is 1. The van der Waals surface area contributed by atoms with Crippen LogP contribution in [0.4, 0.5) is 11.6 Å². The third-order valence-corrected chi connectivity index (χ3v) is 2.89. The number of nitrogens with zero attached hydrogens (tertiary/aromatic N) is 4. The molecule has 9 nitrogen and oxygen atoms in total. The summed E-state index contributed by atoms with van der Waals surface area (Å²) in [5, 5.41) is 14.9. The summed E-state index contributed by atoms with van der Waals surface area (Å²) in [7, 11) is 0. The molecule has 2 rings (SSSR count). The van der Waals surface area contributed by atoms with E-state index in [1.807, 2.05) is 0 Å². The Hall–Kier alpha value is -3.36. The maximum absolute atomic E-state index is 11.7. The molecule has 9 heteroatoms. The third-order valence-electron chi connectivity index (χ3n) is 2.89. The Morgan fingerprint density at radius 3 is 2.54 bits per heavy atom. The van der Waals surface area contributed by atoms with Crippen molar-refractivity contribution in [3.63, 3.8) is 0 Å². The highest BCUT2D eigenvalue weighted by Gasteiger charge is 2.13. The van der Waals surface area contributed by atoms with E-state index in [-0.39, 0.29) is 24.7 Å². The second-order valence-electron chi connectivity index (χ2n) is 4.53. The van der Waals surface area contributed by atoms with Crippen LogP contribution in [0.1, 0.15) is 18.9 Å². The molecule has 0 atom stereocenters. The van der Waals surface area contributed by atoms with Gasteiger partial charge in [0, 0.05) is 24.5 Å². The molecule has 0 aliphatic rings. The van der Waals surface area contributed by atoms with E-state index in [2.05, 4.69) is 20.5 Å². The average molecular weight is 329 g/mol. The van der Waals surface area contributed by atoms with Crippen LogP contribution in [0.25, 0.3) is 0 Å². The van der Waals surface area contributed by atoms with Crippen LogP contribution >= 0.6 is 0 Å². The SMILES string of the molecule is CCOC(=O)CC(=NNc1ncccn1)c1ccc([N+](=O)[O-])cc1. The van der Waals surface area contributed by atoms with Gasteiger partial charge in [-0.2, -0.15) is 5.10 Å². The van der Waals surface area contributed by atoms with Crippen molar-refractivity contribution in [2.45, 2.75) is 13.3 Å². The maximum Gasteiger partial charge on any atom is 0.311 e. The van der Waals surface area contributed by atoms with Crippen LogP contribution in [0.15, 0.2) is 47.8 Å². The molecule has 2 aromatic rings. The molecule has 1 aromatic heterocycles. The number of nitro benzene ring substituents is 1. The summed E-state index contributed by atoms with van der Waals surface area (Å²) in [6.07, 6.45) is 3.00. The predicted molar refractivity (Wildman–Crippen MR) is 86.5 cm³/mol. The fraction of sp³-hybridized carbons (Fsp3) is 0.200. The van der Waals surface area contributed by atoms with Crippen molar-refractivity contribution in [2.24, 2.45) is 5.10 Å². The normalized spacial score (nSPS) is 11.0. The number of nitrogens with one attached hydrogen (secondary N) is 1. The maximum atomic E-state index is 11.7. The third kappa shape index (κ3) is 4.83. The predicted octanol–water partition coefficient (Wildman–Crippen LogP) is 2.15. The van der Waals surface area contributed by atoms with Crippen molar-refractivity contribution in [2.75, 3.05) is 12.0 Å². The minimum atomic E-state index is -0.498. The molecule has 0 radical (unpaired) electrons. The molecular formula is C15H15N5O4. The summed E-state index contributed by atoms with van der Waals surface area (Å²) in [6.45, 7) is 1.96. The lowest BCUT2D eigenvalue weighted by Crippen LogP contribution is -2.14. The van der Waals surface area contributed by atoms with Crippen LogP contribution in [0.3, 0.4) is 0 Å². The van der Waals surface area contributed by atoms with Gasteiger partial charge in [-0.15, -0.1) is 0 Å². The Labute approximate surface area is 137 Å². The van der Waals surface area contributed by atoms with Gasteiger partial charge in [0.1, 0.15) is 0 Å². The van der Waals surface area contributed by atoms with E-state index >= 15 is 0 Å². The zero-order valence-electron chi connectivity index (χ0n) is 12.9. The van der Waals surface area contributed by atoms with Gasteiger partial charge in [0.25, 0.3) is 5.69 Å². The van der Waals surface area contributed by atoms with E-state index in [9.17, 15) is 14.9 Å². The fourth-order valence-corrected chi connectivity index (χ4v) is 1.80. The summed E-state index contributed by atoms with van der Waals surface area (Å²) in [6, 6.07) is 7.38. The molecule has 1 aromatic carbocycles. The highest BCUT2D eigenvalue weighted by molar-refractivity contribution is 6.09. The molecule has 0 amide bonds.